The van der Waals surface area contributed by atoms with Gasteiger partial charge >= 0.3 is 0 Å². The lowest BCUT2D eigenvalue weighted by Crippen LogP contribution is -1.49. The molecule has 1 N–H and O–H groups in total. The van der Waals surface area contributed by atoms with E-state index in [9.17, 15) is 0 Å². The highest BCUT2D eigenvalue weighted by Gasteiger charge is 1.77. The van der Waals surface area contributed by atoms with E-state index >= 15 is 0 Å². The second-order valence-corrected chi connectivity index (χ2v) is 1.01. The smallest absolute Gasteiger partial charge is 0.115 e. The Morgan fingerprint density at radius 3 is 2.67 bits per heavy atom. The van der Waals surface area contributed by atoms with Crippen LogP contribution >= 0.6 is 0 Å². The Bertz CT molecular complexity index is 111. The van der Waals surface area contributed by atoms with E-state index in [2.05, 4.69) is 4.42 Å². The van der Waals surface area contributed by atoms with Gasteiger partial charge in [-0.1, -0.05) is 0 Å². The van der Waals surface area contributed by atoms with E-state index in [1.807, 2.05) is 0 Å². The van der Waals surface area contributed by atoms with E-state index < -0.39 is 0 Å². The van der Waals surface area contributed by atoms with Crippen LogP contribution in [0.15, 0.2) is 23.0 Å². The Balaban J connectivity index is 3.05. The van der Waals surface area contributed by atoms with Crippen LogP contribution in [-0.4, -0.2) is 0 Å². The quantitative estimate of drug-likeness (QED) is 0.463. The van der Waals surface area contributed by atoms with Crippen molar-refractivity contribution in [3.05, 3.63) is 18.6 Å². The van der Waals surface area contributed by atoms with Crippen molar-refractivity contribution >= 4 is 5.69 Å². The summed E-state index contributed by atoms with van der Waals surface area (Å²) >= 11 is 0. The number of hydrogen-bond donors (Lipinski definition) is 0. The van der Waals surface area contributed by atoms with Gasteiger partial charge in [0.15, 0.2) is 0 Å². The van der Waals surface area contributed by atoms with Crippen molar-refractivity contribution in [3.8, 4) is 0 Å². The molecule has 0 fully saturated rings. The fourth-order valence-electron chi connectivity index (χ4n) is 0.264. The van der Waals surface area contributed by atoms with Crippen LogP contribution in [0, 0.1) is 0 Å². The molecule has 0 bridgehead atoms. The molecule has 2 nitrogen and oxygen atoms in total. The number of nitrogens with one attached hydrogen (secondary N) is 1. The molecule has 0 saturated heterocycles. The maximum Gasteiger partial charge on any atom is 0.115 e. The third-order valence-corrected chi connectivity index (χ3v) is 0.521. The molecule has 1 heterocycles. The lowest BCUT2D eigenvalue weighted by Gasteiger charge is -1.63. The highest BCUT2D eigenvalue weighted by atomic mass is 16.3. The van der Waals surface area contributed by atoms with E-state index in [4.69, 9.17) is 5.73 Å². The van der Waals surface area contributed by atoms with Crippen molar-refractivity contribution in [1.82, 2.24) is 5.73 Å². The monoisotopic (exact) mass is 82.0 g/mol. The Morgan fingerprint density at radius 1 is 1.67 bits per heavy atom. The van der Waals surface area contributed by atoms with Crippen LogP contribution in [-0.2, 0) is 0 Å². The molecule has 0 aliphatic carbocycles. The zero-order valence-corrected chi connectivity index (χ0v) is 3.14. The molecule has 0 aromatic carbocycles. The van der Waals surface area contributed by atoms with Crippen LogP contribution in [0.5, 0.6) is 0 Å². The van der Waals surface area contributed by atoms with Gasteiger partial charge in [0.05, 0.1) is 12.0 Å². The molecule has 0 unspecified atom stereocenters. The Labute approximate surface area is 35.6 Å². The predicted octanol–water partition coefficient (Wildman–Crippen LogP) is 1.19. The van der Waals surface area contributed by atoms with Crippen molar-refractivity contribution in [2.75, 3.05) is 0 Å². The minimum absolute atomic E-state index is 0.426. The third-order valence-electron chi connectivity index (χ3n) is 0.521. The first kappa shape index (κ1) is 3.28. The molecule has 1 aromatic heterocycles. The molecule has 0 aliphatic rings. The van der Waals surface area contributed by atoms with Gasteiger partial charge in [0.1, 0.15) is 6.26 Å². The summed E-state index contributed by atoms with van der Waals surface area (Å²) in [7, 11) is 0. The molecule has 0 aliphatic heterocycles. The number of furan rings is 1. The number of rotatable bonds is 0. The largest absolute Gasteiger partial charge is 0.470 e. The first-order valence-corrected chi connectivity index (χ1v) is 1.63. The Hall–Kier alpha value is -0.920. The van der Waals surface area contributed by atoms with Crippen LogP contribution in [0.1, 0.15) is 0 Å². The van der Waals surface area contributed by atoms with Crippen LogP contribution in [0.2, 0.25) is 0 Å². The SMILES string of the molecule is [NH]c1ccoc1. The van der Waals surface area contributed by atoms with Gasteiger partial charge in [0, 0.05) is 6.07 Å². The molecule has 1 radical (unpaired) electrons. The minimum Gasteiger partial charge on any atom is -0.470 e. The summed E-state index contributed by atoms with van der Waals surface area (Å²) in [5.41, 5.74) is 7.21. The summed E-state index contributed by atoms with van der Waals surface area (Å²) in [5, 5.41) is 0. The Kier molecular flexibility index (Phi) is 0.572. The Morgan fingerprint density at radius 2 is 2.50 bits per heavy atom. The number of hydrogen-bond acceptors (Lipinski definition) is 1. The van der Waals surface area contributed by atoms with E-state index in [1.165, 1.54) is 12.5 Å². The van der Waals surface area contributed by atoms with E-state index in [1.54, 1.807) is 6.07 Å². The average Bonchev–Trinajstić information content (AvgIpc) is 1.86. The molecule has 6 heavy (non-hydrogen) atoms. The summed E-state index contributed by atoms with van der Waals surface area (Å²) in [6.45, 7) is 0. The van der Waals surface area contributed by atoms with Crippen molar-refractivity contribution in [1.29, 1.82) is 0 Å². The van der Waals surface area contributed by atoms with Crippen LogP contribution in [0.4, 0.5) is 5.69 Å². The van der Waals surface area contributed by atoms with Gasteiger partial charge in [-0.2, -0.15) is 0 Å². The molecule has 0 amide bonds. The topological polar surface area (TPSA) is 36.9 Å². The second kappa shape index (κ2) is 1.05. The highest BCUT2D eigenvalue weighted by Crippen LogP contribution is 2.00. The molecule has 0 saturated carbocycles. The summed E-state index contributed by atoms with van der Waals surface area (Å²) in [4.78, 5) is 0. The normalized spacial score (nSPS) is 8.67. The zero-order chi connectivity index (χ0) is 4.41. The van der Waals surface area contributed by atoms with Crippen LogP contribution < -0.4 is 5.73 Å². The molecule has 31 valence electrons. The fraction of sp³-hybridized carbons (Fsp3) is 0. The van der Waals surface area contributed by atoms with Crippen LogP contribution in [0.25, 0.3) is 0 Å². The minimum atomic E-state index is 0.426. The summed E-state index contributed by atoms with van der Waals surface area (Å²) in [6, 6.07) is 1.58. The lowest BCUT2D eigenvalue weighted by molar-refractivity contribution is 0.567. The van der Waals surface area contributed by atoms with Gasteiger partial charge in [-0.3, -0.25) is 5.73 Å². The van der Waals surface area contributed by atoms with Gasteiger partial charge in [-0.05, 0) is 0 Å². The zero-order valence-electron chi connectivity index (χ0n) is 3.14. The first-order chi connectivity index (χ1) is 2.89. The highest BCUT2D eigenvalue weighted by molar-refractivity contribution is 5.25. The molecular formula is C4H4NO. The lowest BCUT2D eigenvalue weighted by atomic mass is 10.6. The molecule has 0 atom stereocenters. The van der Waals surface area contributed by atoms with Gasteiger partial charge in [0.2, 0.25) is 0 Å². The summed E-state index contributed by atoms with van der Waals surface area (Å²) in [6.07, 6.45) is 2.85. The van der Waals surface area contributed by atoms with Gasteiger partial charge in [-0.15, -0.1) is 0 Å². The van der Waals surface area contributed by atoms with Crippen molar-refractivity contribution in [2.45, 2.75) is 0 Å². The molecule has 2 heteroatoms. The van der Waals surface area contributed by atoms with Gasteiger partial charge in [0.25, 0.3) is 0 Å². The van der Waals surface area contributed by atoms with Crippen molar-refractivity contribution < 1.29 is 4.42 Å². The van der Waals surface area contributed by atoms with E-state index in [0.29, 0.717) is 5.69 Å². The third kappa shape index (κ3) is 0.360. The second-order valence-electron chi connectivity index (χ2n) is 1.01. The summed E-state index contributed by atoms with van der Waals surface area (Å²) in [5.74, 6) is 0. The molecule has 0 spiro atoms. The molecule has 1 rings (SSSR count). The first-order valence-electron chi connectivity index (χ1n) is 1.63. The van der Waals surface area contributed by atoms with E-state index in [0.717, 1.165) is 0 Å². The van der Waals surface area contributed by atoms with Crippen LogP contribution in [0.3, 0.4) is 0 Å². The van der Waals surface area contributed by atoms with Crippen molar-refractivity contribution in [2.24, 2.45) is 0 Å². The average molecular weight is 82.1 g/mol. The van der Waals surface area contributed by atoms with Gasteiger partial charge in [-0.25, -0.2) is 0 Å². The maximum atomic E-state index is 6.78. The fourth-order valence-corrected chi connectivity index (χ4v) is 0.264. The summed E-state index contributed by atoms with van der Waals surface area (Å²) < 4.78 is 4.53. The molecule has 1 aromatic rings. The predicted molar refractivity (Wildman–Crippen MR) is 21.5 cm³/mol. The molecular weight excluding hydrogens is 78.0 g/mol. The maximum absolute atomic E-state index is 6.78. The van der Waals surface area contributed by atoms with Gasteiger partial charge < -0.3 is 4.42 Å². The van der Waals surface area contributed by atoms with Crippen molar-refractivity contribution in [3.63, 3.8) is 0 Å². The van der Waals surface area contributed by atoms with E-state index in [-0.39, 0.29) is 0 Å². The standard InChI is InChI=1S/C4H4NO/c5-4-1-2-6-3-4/h1-3,5H.